The van der Waals surface area contributed by atoms with Crippen LogP contribution in [0.2, 0.25) is 0 Å². The monoisotopic (exact) mass is 231 g/mol. The Balaban J connectivity index is 1.91. The van der Waals surface area contributed by atoms with Gasteiger partial charge in [0.1, 0.15) is 0 Å². The second-order valence-corrected chi connectivity index (χ2v) is 5.52. The standard InChI is InChI=1S/C15H21NO/c1-11-10-14(16-8-4-5-9-16)15(17)13-7-3-2-6-12(11)13/h2-3,6-7,11,14-15,17H,4-5,8-10H2,1H3. The highest BCUT2D eigenvalue weighted by molar-refractivity contribution is 5.35. The number of benzene rings is 1. The van der Waals surface area contributed by atoms with Gasteiger partial charge in [0.2, 0.25) is 0 Å². The maximum atomic E-state index is 10.6. The predicted molar refractivity (Wildman–Crippen MR) is 69.0 cm³/mol. The highest BCUT2D eigenvalue weighted by atomic mass is 16.3. The Hall–Kier alpha value is -0.860. The van der Waals surface area contributed by atoms with Gasteiger partial charge in [-0.2, -0.15) is 0 Å². The minimum atomic E-state index is -0.291. The molecule has 2 nitrogen and oxygen atoms in total. The summed E-state index contributed by atoms with van der Waals surface area (Å²) in [5, 5.41) is 10.6. The fraction of sp³-hybridized carbons (Fsp3) is 0.600. The molecule has 1 aliphatic heterocycles. The lowest BCUT2D eigenvalue weighted by atomic mass is 9.79. The van der Waals surface area contributed by atoms with E-state index in [4.69, 9.17) is 0 Å². The van der Waals surface area contributed by atoms with Crippen molar-refractivity contribution in [3.05, 3.63) is 35.4 Å². The van der Waals surface area contributed by atoms with Crippen LogP contribution in [-0.4, -0.2) is 29.1 Å². The summed E-state index contributed by atoms with van der Waals surface area (Å²) in [6.45, 7) is 4.61. The van der Waals surface area contributed by atoms with E-state index in [0.717, 1.165) is 25.1 Å². The van der Waals surface area contributed by atoms with Gasteiger partial charge in [0.25, 0.3) is 0 Å². The normalized spacial score (nSPS) is 33.6. The number of likely N-dealkylation sites (tertiary alicyclic amines) is 1. The third-order valence-corrected chi connectivity index (χ3v) is 4.41. The number of hydrogen-bond donors (Lipinski definition) is 1. The van der Waals surface area contributed by atoms with Crippen LogP contribution in [0.1, 0.15) is 49.3 Å². The molecule has 17 heavy (non-hydrogen) atoms. The molecule has 1 saturated heterocycles. The predicted octanol–water partition coefficient (Wildman–Crippen LogP) is 2.69. The van der Waals surface area contributed by atoms with Crippen LogP contribution in [0.25, 0.3) is 0 Å². The molecule has 1 aliphatic carbocycles. The van der Waals surface area contributed by atoms with Crippen LogP contribution in [0.4, 0.5) is 0 Å². The van der Waals surface area contributed by atoms with Crippen LogP contribution in [0.5, 0.6) is 0 Å². The Morgan fingerprint density at radius 2 is 1.76 bits per heavy atom. The first-order valence-corrected chi connectivity index (χ1v) is 6.78. The minimum Gasteiger partial charge on any atom is -0.387 e. The minimum absolute atomic E-state index is 0.291. The van der Waals surface area contributed by atoms with Crippen LogP contribution in [0.15, 0.2) is 24.3 Å². The van der Waals surface area contributed by atoms with E-state index in [1.807, 2.05) is 6.07 Å². The summed E-state index contributed by atoms with van der Waals surface area (Å²) in [5.74, 6) is 0.570. The quantitative estimate of drug-likeness (QED) is 0.803. The van der Waals surface area contributed by atoms with Gasteiger partial charge < -0.3 is 5.11 Å². The smallest absolute Gasteiger partial charge is 0.0948 e. The van der Waals surface area contributed by atoms with E-state index in [0.29, 0.717) is 12.0 Å². The summed E-state index contributed by atoms with van der Waals surface area (Å²) in [6, 6.07) is 8.73. The Bertz CT molecular complexity index is 398. The van der Waals surface area contributed by atoms with E-state index in [2.05, 4.69) is 30.0 Å². The van der Waals surface area contributed by atoms with Gasteiger partial charge >= 0.3 is 0 Å². The van der Waals surface area contributed by atoms with E-state index in [-0.39, 0.29) is 6.10 Å². The van der Waals surface area contributed by atoms with Crippen molar-refractivity contribution in [2.24, 2.45) is 0 Å². The van der Waals surface area contributed by atoms with E-state index in [1.54, 1.807) is 0 Å². The zero-order valence-electron chi connectivity index (χ0n) is 10.5. The Labute approximate surface area is 103 Å². The molecular formula is C15H21NO. The van der Waals surface area contributed by atoms with Gasteiger partial charge in [0.15, 0.2) is 0 Å². The maximum absolute atomic E-state index is 10.6. The van der Waals surface area contributed by atoms with E-state index in [9.17, 15) is 5.11 Å². The average Bonchev–Trinajstić information content (AvgIpc) is 2.87. The number of aliphatic hydroxyl groups excluding tert-OH is 1. The summed E-state index contributed by atoms with van der Waals surface area (Å²) in [4.78, 5) is 2.48. The first kappa shape index (κ1) is 11.2. The third-order valence-electron chi connectivity index (χ3n) is 4.41. The van der Waals surface area contributed by atoms with E-state index < -0.39 is 0 Å². The molecular weight excluding hydrogens is 210 g/mol. The molecule has 1 N–H and O–H groups in total. The molecule has 0 aromatic heterocycles. The number of fused-ring (bicyclic) bond motifs is 1. The molecule has 0 amide bonds. The second kappa shape index (κ2) is 4.43. The van der Waals surface area contributed by atoms with Crippen molar-refractivity contribution in [2.75, 3.05) is 13.1 Å². The number of hydrogen-bond acceptors (Lipinski definition) is 2. The zero-order valence-corrected chi connectivity index (χ0v) is 10.5. The molecule has 0 bridgehead atoms. The number of rotatable bonds is 1. The molecule has 2 heteroatoms. The van der Waals surface area contributed by atoms with Crippen molar-refractivity contribution >= 4 is 0 Å². The molecule has 1 aromatic carbocycles. The van der Waals surface area contributed by atoms with Crippen molar-refractivity contribution in [3.63, 3.8) is 0 Å². The lowest BCUT2D eigenvalue weighted by Gasteiger charge is -2.39. The SMILES string of the molecule is CC1CC(N2CCCC2)C(O)c2ccccc21. The average molecular weight is 231 g/mol. The fourth-order valence-corrected chi connectivity index (χ4v) is 3.48. The summed E-state index contributed by atoms with van der Waals surface area (Å²) in [6.07, 6.45) is 3.39. The van der Waals surface area contributed by atoms with Crippen LogP contribution in [0.3, 0.4) is 0 Å². The molecule has 2 aliphatic rings. The van der Waals surface area contributed by atoms with Crippen LogP contribution in [0, 0.1) is 0 Å². The lowest BCUT2D eigenvalue weighted by Crippen LogP contribution is -2.41. The van der Waals surface area contributed by atoms with Gasteiger partial charge in [-0.1, -0.05) is 31.2 Å². The Morgan fingerprint density at radius 1 is 1.12 bits per heavy atom. The van der Waals surface area contributed by atoms with Gasteiger partial charge in [-0.25, -0.2) is 0 Å². The molecule has 0 radical (unpaired) electrons. The first-order valence-electron chi connectivity index (χ1n) is 6.78. The largest absolute Gasteiger partial charge is 0.387 e. The molecule has 0 spiro atoms. The fourth-order valence-electron chi connectivity index (χ4n) is 3.48. The van der Waals surface area contributed by atoms with Crippen LogP contribution < -0.4 is 0 Å². The van der Waals surface area contributed by atoms with Crippen molar-refractivity contribution in [2.45, 2.75) is 44.2 Å². The van der Waals surface area contributed by atoms with Gasteiger partial charge in [-0.3, -0.25) is 4.90 Å². The molecule has 1 heterocycles. The highest BCUT2D eigenvalue weighted by Crippen LogP contribution is 2.40. The van der Waals surface area contributed by atoms with Crippen LogP contribution >= 0.6 is 0 Å². The van der Waals surface area contributed by atoms with Gasteiger partial charge in [0, 0.05) is 6.04 Å². The van der Waals surface area contributed by atoms with Gasteiger partial charge in [-0.05, 0) is 49.4 Å². The van der Waals surface area contributed by atoms with Crippen molar-refractivity contribution < 1.29 is 5.11 Å². The Morgan fingerprint density at radius 3 is 2.47 bits per heavy atom. The van der Waals surface area contributed by atoms with Crippen molar-refractivity contribution in [1.29, 1.82) is 0 Å². The zero-order chi connectivity index (χ0) is 11.8. The topological polar surface area (TPSA) is 23.5 Å². The molecule has 3 unspecified atom stereocenters. The second-order valence-electron chi connectivity index (χ2n) is 5.52. The van der Waals surface area contributed by atoms with Gasteiger partial charge in [0.05, 0.1) is 6.10 Å². The Kier molecular flexibility index (Phi) is 2.93. The van der Waals surface area contributed by atoms with E-state index >= 15 is 0 Å². The van der Waals surface area contributed by atoms with Crippen molar-refractivity contribution in [1.82, 2.24) is 4.90 Å². The maximum Gasteiger partial charge on any atom is 0.0948 e. The van der Waals surface area contributed by atoms with Crippen LogP contribution in [-0.2, 0) is 0 Å². The lowest BCUT2D eigenvalue weighted by molar-refractivity contribution is 0.0437. The van der Waals surface area contributed by atoms with E-state index in [1.165, 1.54) is 18.4 Å². The molecule has 3 atom stereocenters. The number of aliphatic hydroxyl groups is 1. The molecule has 3 rings (SSSR count). The van der Waals surface area contributed by atoms with Gasteiger partial charge in [-0.15, -0.1) is 0 Å². The molecule has 1 fully saturated rings. The third kappa shape index (κ3) is 1.90. The molecule has 92 valence electrons. The summed E-state index contributed by atoms with van der Waals surface area (Å²) >= 11 is 0. The molecule has 1 aromatic rings. The van der Waals surface area contributed by atoms with Crippen molar-refractivity contribution in [3.8, 4) is 0 Å². The molecule has 0 saturated carbocycles. The first-order chi connectivity index (χ1) is 8.27. The summed E-state index contributed by atoms with van der Waals surface area (Å²) in [5.41, 5.74) is 2.50. The summed E-state index contributed by atoms with van der Waals surface area (Å²) in [7, 11) is 0. The summed E-state index contributed by atoms with van der Waals surface area (Å²) < 4.78 is 0. The highest BCUT2D eigenvalue weighted by Gasteiger charge is 2.36. The number of nitrogens with zero attached hydrogens (tertiary/aromatic N) is 1.